The summed E-state index contributed by atoms with van der Waals surface area (Å²) in [5, 5.41) is -0.848. The molecule has 1 radical (unpaired) electrons. The highest BCUT2D eigenvalue weighted by Gasteiger charge is 2.02. The van der Waals surface area contributed by atoms with Crippen LogP contribution in [0.15, 0.2) is 48.5 Å². The number of alkyl halides is 2. The maximum atomic E-state index is 5.55. The van der Waals surface area contributed by atoms with Gasteiger partial charge in [0.1, 0.15) is 5.75 Å². The molecule has 3 heteroatoms. The van der Waals surface area contributed by atoms with Crippen LogP contribution in [0.25, 0.3) is 11.1 Å². The summed E-state index contributed by atoms with van der Waals surface area (Å²) in [5.74, 6) is 0.653. The second-order valence-corrected chi connectivity index (χ2v) is 4.21. The van der Waals surface area contributed by atoms with Crippen molar-refractivity contribution in [2.45, 2.75) is 5.02 Å². The molecule has 2 rings (SSSR count). The summed E-state index contributed by atoms with van der Waals surface area (Å²) in [7, 11) is 0. The molecule has 2 aromatic rings. The van der Waals surface area contributed by atoms with Crippen LogP contribution in [-0.2, 0) is 0 Å². The molecule has 2 aromatic carbocycles. The van der Waals surface area contributed by atoms with Gasteiger partial charge < -0.3 is 4.74 Å². The molecule has 0 atom stereocenters. The third kappa shape index (κ3) is 2.91. The van der Waals surface area contributed by atoms with E-state index < -0.39 is 5.02 Å². The molecule has 0 bridgehead atoms. The first-order chi connectivity index (χ1) is 7.75. The average Bonchev–Trinajstić information content (AvgIpc) is 2.30. The predicted octanol–water partition coefficient (Wildman–Crippen LogP) is 4.29. The Balaban J connectivity index is 2.29. The second kappa shape index (κ2) is 5.24. The minimum Gasteiger partial charge on any atom is -0.461 e. The molecule has 0 fully saturated rings. The molecule has 0 aliphatic carbocycles. The monoisotopic (exact) mass is 251 g/mol. The van der Waals surface area contributed by atoms with Gasteiger partial charge in [-0.05, 0) is 29.3 Å². The lowest BCUT2D eigenvalue weighted by atomic mass is 10.1. The lowest BCUT2D eigenvalue weighted by molar-refractivity contribution is 0.354. The second-order valence-electron chi connectivity index (χ2n) is 3.20. The highest BCUT2D eigenvalue weighted by molar-refractivity contribution is 6.43. The SMILES string of the molecule is ClC(Cl)Oc1cccc(-c2cc[c]cc2)c1. The van der Waals surface area contributed by atoms with Crippen molar-refractivity contribution in [2.75, 3.05) is 0 Å². The van der Waals surface area contributed by atoms with Crippen LogP contribution in [0.5, 0.6) is 5.75 Å². The van der Waals surface area contributed by atoms with E-state index >= 15 is 0 Å². The fourth-order valence-corrected chi connectivity index (χ4v) is 1.64. The Morgan fingerprint density at radius 3 is 2.44 bits per heavy atom. The Hall–Kier alpha value is -1.18. The third-order valence-corrected chi connectivity index (χ3v) is 2.29. The van der Waals surface area contributed by atoms with Gasteiger partial charge in [-0.25, -0.2) is 0 Å². The van der Waals surface area contributed by atoms with Crippen molar-refractivity contribution in [1.29, 1.82) is 0 Å². The molecular weight excluding hydrogens is 243 g/mol. The highest BCUT2D eigenvalue weighted by Crippen LogP contribution is 2.24. The topological polar surface area (TPSA) is 9.23 Å². The Bertz CT molecular complexity index is 454. The fourth-order valence-electron chi connectivity index (χ4n) is 1.43. The molecule has 0 amide bonds. The van der Waals surface area contributed by atoms with Gasteiger partial charge in [-0.15, -0.1) is 0 Å². The van der Waals surface area contributed by atoms with Crippen LogP contribution >= 0.6 is 23.2 Å². The number of hydrogen-bond acceptors (Lipinski definition) is 1. The number of hydrogen-bond donors (Lipinski definition) is 0. The summed E-state index contributed by atoms with van der Waals surface area (Å²) in [6.45, 7) is 0. The van der Waals surface area contributed by atoms with Crippen molar-refractivity contribution >= 4 is 23.2 Å². The molecule has 0 heterocycles. The molecule has 1 nitrogen and oxygen atoms in total. The number of rotatable bonds is 3. The van der Waals surface area contributed by atoms with Gasteiger partial charge in [0.15, 0.2) is 0 Å². The van der Waals surface area contributed by atoms with E-state index in [4.69, 9.17) is 27.9 Å². The molecule has 0 aliphatic rings. The molecule has 0 spiro atoms. The van der Waals surface area contributed by atoms with E-state index in [0.29, 0.717) is 5.75 Å². The highest BCUT2D eigenvalue weighted by atomic mass is 35.5. The summed E-state index contributed by atoms with van der Waals surface area (Å²) < 4.78 is 5.20. The van der Waals surface area contributed by atoms with Crippen molar-refractivity contribution in [2.24, 2.45) is 0 Å². The van der Waals surface area contributed by atoms with E-state index in [2.05, 4.69) is 6.07 Å². The number of benzene rings is 2. The van der Waals surface area contributed by atoms with Gasteiger partial charge in [-0.3, -0.25) is 0 Å². The lowest BCUT2D eigenvalue weighted by Crippen LogP contribution is -1.98. The van der Waals surface area contributed by atoms with Crippen LogP contribution in [0, 0.1) is 6.07 Å². The summed E-state index contributed by atoms with van der Waals surface area (Å²) in [4.78, 5) is 0. The molecule has 0 N–H and O–H groups in total. The van der Waals surface area contributed by atoms with Gasteiger partial charge in [-0.2, -0.15) is 0 Å². The fraction of sp³-hybridized carbons (Fsp3) is 0.0769. The first-order valence-electron chi connectivity index (χ1n) is 4.77. The summed E-state index contributed by atoms with van der Waals surface area (Å²) in [6.07, 6.45) is 0. The van der Waals surface area contributed by atoms with Gasteiger partial charge in [0, 0.05) is 0 Å². The minimum atomic E-state index is -0.848. The van der Waals surface area contributed by atoms with E-state index in [1.54, 1.807) is 0 Å². The first-order valence-corrected chi connectivity index (χ1v) is 5.64. The van der Waals surface area contributed by atoms with Gasteiger partial charge in [0.2, 0.25) is 5.02 Å². The van der Waals surface area contributed by atoms with E-state index in [-0.39, 0.29) is 0 Å². The first kappa shape index (κ1) is 11.3. The van der Waals surface area contributed by atoms with Crippen molar-refractivity contribution < 1.29 is 4.74 Å². The zero-order chi connectivity index (χ0) is 11.4. The van der Waals surface area contributed by atoms with Crippen LogP contribution < -0.4 is 4.74 Å². The molecule has 0 aliphatic heterocycles. The van der Waals surface area contributed by atoms with Crippen LogP contribution in [-0.4, -0.2) is 5.02 Å². The van der Waals surface area contributed by atoms with E-state index in [1.807, 2.05) is 48.5 Å². The van der Waals surface area contributed by atoms with Gasteiger partial charge in [0.25, 0.3) is 0 Å². The number of ether oxygens (including phenoxy) is 1. The summed E-state index contributed by atoms with van der Waals surface area (Å²) >= 11 is 11.1. The van der Waals surface area contributed by atoms with Gasteiger partial charge in [0.05, 0.1) is 0 Å². The lowest BCUT2D eigenvalue weighted by Gasteiger charge is -2.08. The van der Waals surface area contributed by atoms with Gasteiger partial charge >= 0.3 is 0 Å². The predicted molar refractivity (Wildman–Crippen MR) is 66.8 cm³/mol. The molecule has 0 aromatic heterocycles. The smallest absolute Gasteiger partial charge is 0.247 e. The Labute approximate surface area is 105 Å². The quantitative estimate of drug-likeness (QED) is 0.740. The van der Waals surface area contributed by atoms with Crippen LogP contribution in [0.2, 0.25) is 0 Å². The van der Waals surface area contributed by atoms with Crippen molar-refractivity contribution in [3.05, 3.63) is 54.6 Å². The number of halogens is 2. The van der Waals surface area contributed by atoms with Gasteiger partial charge in [-0.1, -0.05) is 59.6 Å². The standard InChI is InChI=1S/C13H9Cl2O/c14-13(15)16-12-8-4-7-11(9-12)10-5-2-1-3-6-10/h2-9,13H. The van der Waals surface area contributed by atoms with Crippen molar-refractivity contribution in [3.8, 4) is 16.9 Å². The largest absolute Gasteiger partial charge is 0.461 e. The maximum Gasteiger partial charge on any atom is 0.247 e. The Morgan fingerprint density at radius 1 is 1.00 bits per heavy atom. The zero-order valence-electron chi connectivity index (χ0n) is 8.36. The Morgan fingerprint density at radius 2 is 1.75 bits per heavy atom. The van der Waals surface area contributed by atoms with Crippen molar-refractivity contribution in [1.82, 2.24) is 0 Å². The normalized spacial score (nSPS) is 10.4. The van der Waals surface area contributed by atoms with Crippen LogP contribution in [0.1, 0.15) is 0 Å². The summed E-state index contributed by atoms with van der Waals surface area (Å²) in [5.41, 5.74) is 2.16. The van der Waals surface area contributed by atoms with E-state index in [1.165, 1.54) is 0 Å². The maximum absolute atomic E-state index is 5.55. The molecule has 0 saturated carbocycles. The average molecular weight is 252 g/mol. The molecule has 0 saturated heterocycles. The van der Waals surface area contributed by atoms with E-state index in [9.17, 15) is 0 Å². The summed E-state index contributed by atoms with van der Waals surface area (Å²) in [6, 6.07) is 18.3. The molecular formula is C13H9Cl2O. The molecule has 16 heavy (non-hydrogen) atoms. The molecule has 0 unspecified atom stereocenters. The Kier molecular flexibility index (Phi) is 3.70. The zero-order valence-corrected chi connectivity index (χ0v) is 9.87. The minimum absolute atomic E-state index is 0.653. The molecule has 81 valence electrons. The van der Waals surface area contributed by atoms with Crippen LogP contribution in [0.4, 0.5) is 0 Å². The third-order valence-electron chi connectivity index (χ3n) is 2.11. The van der Waals surface area contributed by atoms with Crippen molar-refractivity contribution in [3.63, 3.8) is 0 Å². The van der Waals surface area contributed by atoms with E-state index in [0.717, 1.165) is 11.1 Å². The van der Waals surface area contributed by atoms with Crippen LogP contribution in [0.3, 0.4) is 0 Å².